The fourth-order valence-corrected chi connectivity index (χ4v) is 11.8. The summed E-state index contributed by atoms with van der Waals surface area (Å²) in [6.45, 7) is -0.0568. The van der Waals surface area contributed by atoms with Crippen LogP contribution in [0, 0.1) is 0 Å². The summed E-state index contributed by atoms with van der Waals surface area (Å²) in [5.74, 6) is 0. The zero-order valence-electron chi connectivity index (χ0n) is 31.8. The van der Waals surface area contributed by atoms with Crippen LogP contribution >= 0.6 is 11.3 Å². The fraction of sp³-hybridized carbons (Fsp3) is 0. The first kappa shape index (κ1) is 31.5. The zero-order chi connectivity index (χ0) is 38.8. The fourth-order valence-electron chi connectivity index (χ4n) is 10.7. The number of rotatable bonds is 2. The van der Waals surface area contributed by atoms with E-state index in [0.717, 1.165) is 94.0 Å². The van der Waals surface area contributed by atoms with E-state index in [0.29, 0.717) is 0 Å². The molecule has 0 N–H and O–H groups in total. The van der Waals surface area contributed by atoms with Crippen molar-refractivity contribution in [1.82, 2.24) is 0 Å². The molecule has 0 fully saturated rings. The Morgan fingerprint density at radius 1 is 0.400 bits per heavy atom. The predicted molar refractivity (Wildman–Crippen MR) is 251 cm³/mol. The number of para-hydroxylation sites is 4. The SMILES string of the molecule is c1ccc2c(c1)oc1c(N3c4cc(-c5ccc6sc7ccccc7c6c5)cc5c4B(c4ccc6c(oc7ccccc76)c4-5)c4ccc5c(oc6ccccc65)c43)cccc12. The third-order valence-electron chi connectivity index (χ3n) is 13.3. The molecule has 0 amide bonds. The van der Waals surface area contributed by atoms with Gasteiger partial charge in [0, 0.05) is 63.7 Å². The summed E-state index contributed by atoms with van der Waals surface area (Å²) in [4.78, 5) is 2.45. The summed E-state index contributed by atoms with van der Waals surface area (Å²) in [6, 6.07) is 61.4. The van der Waals surface area contributed by atoms with E-state index in [-0.39, 0.29) is 6.71 Å². The molecule has 6 heteroatoms. The van der Waals surface area contributed by atoms with Gasteiger partial charge in [0.15, 0.2) is 11.2 Å². The highest BCUT2D eigenvalue weighted by molar-refractivity contribution is 7.25. The highest BCUT2D eigenvalue weighted by Gasteiger charge is 2.46. The van der Waals surface area contributed by atoms with Gasteiger partial charge in [-0.15, -0.1) is 11.3 Å². The van der Waals surface area contributed by atoms with E-state index in [2.05, 4.69) is 169 Å². The van der Waals surface area contributed by atoms with Crippen molar-refractivity contribution in [3.05, 3.63) is 170 Å². The van der Waals surface area contributed by atoms with Crippen molar-refractivity contribution >= 4 is 137 Å². The van der Waals surface area contributed by atoms with Gasteiger partial charge in [0.1, 0.15) is 22.3 Å². The molecule has 4 aromatic heterocycles. The maximum absolute atomic E-state index is 7.00. The second kappa shape index (κ2) is 11.1. The Morgan fingerprint density at radius 3 is 1.77 bits per heavy atom. The highest BCUT2D eigenvalue weighted by atomic mass is 32.1. The monoisotopic (exact) mass is 781 g/mol. The maximum Gasteiger partial charge on any atom is 0.248 e. The minimum absolute atomic E-state index is 0.0568. The van der Waals surface area contributed by atoms with Gasteiger partial charge in [-0.2, -0.15) is 0 Å². The Balaban J connectivity index is 1.12. The van der Waals surface area contributed by atoms with Gasteiger partial charge in [-0.3, -0.25) is 0 Å². The van der Waals surface area contributed by atoms with Crippen molar-refractivity contribution in [1.29, 1.82) is 0 Å². The van der Waals surface area contributed by atoms with Gasteiger partial charge in [-0.05, 0) is 82.2 Å². The van der Waals surface area contributed by atoms with Crippen molar-refractivity contribution in [2.45, 2.75) is 0 Å². The standard InChI is InChI=1S/C54H28BNO3S/c1-5-16-44-31(10-1)35-14-9-15-42(52(35)57-44)56-43-28-30(29-20-25-48-38(26-29)34-13-4-8-19-47(34)60-48)27-39-49-40(23-21-36-32-11-2-6-17-45(32)58-53(36)49)55(50(39)43)41-24-22-37-33-12-3-7-18-46(33)59-54(37)51(41)56/h1-28H. The number of hydrogen-bond donors (Lipinski definition) is 0. The molecule has 0 saturated heterocycles. The van der Waals surface area contributed by atoms with Crippen LogP contribution in [-0.4, -0.2) is 6.71 Å². The molecule has 9 aromatic carbocycles. The quantitative estimate of drug-likeness (QED) is 0.164. The third-order valence-corrected chi connectivity index (χ3v) is 14.4. The van der Waals surface area contributed by atoms with Crippen LogP contribution in [0.25, 0.3) is 108 Å². The lowest BCUT2D eigenvalue weighted by atomic mass is 9.37. The molecule has 2 aliphatic rings. The van der Waals surface area contributed by atoms with E-state index in [1.165, 1.54) is 47.7 Å². The minimum atomic E-state index is -0.0568. The first-order valence-electron chi connectivity index (χ1n) is 20.4. The van der Waals surface area contributed by atoms with Gasteiger partial charge in [0.05, 0.1) is 11.4 Å². The number of anilines is 3. The lowest BCUT2D eigenvalue weighted by molar-refractivity contribution is 0.666. The summed E-state index contributed by atoms with van der Waals surface area (Å²) >= 11 is 1.85. The molecule has 0 aliphatic carbocycles. The summed E-state index contributed by atoms with van der Waals surface area (Å²) in [5, 5.41) is 9.19. The molecule has 2 aliphatic heterocycles. The van der Waals surface area contributed by atoms with Crippen LogP contribution in [0.3, 0.4) is 0 Å². The Bertz CT molecular complexity index is 4050. The summed E-state index contributed by atoms with van der Waals surface area (Å²) in [5.41, 5.74) is 16.8. The molecule has 0 bridgehead atoms. The molecule has 0 saturated carbocycles. The molecular weight excluding hydrogens is 753 g/mol. The Kier molecular flexibility index (Phi) is 5.84. The Labute approximate surface area is 346 Å². The Hall–Kier alpha value is -7.54. The molecule has 4 nitrogen and oxygen atoms in total. The lowest BCUT2D eigenvalue weighted by Gasteiger charge is -2.36. The van der Waals surface area contributed by atoms with Gasteiger partial charge in [-0.25, -0.2) is 0 Å². The summed E-state index contributed by atoms with van der Waals surface area (Å²) < 4.78 is 23.4. The largest absolute Gasteiger partial charge is 0.455 e. The summed E-state index contributed by atoms with van der Waals surface area (Å²) in [6.07, 6.45) is 0. The van der Waals surface area contributed by atoms with Gasteiger partial charge in [0.25, 0.3) is 0 Å². The van der Waals surface area contributed by atoms with Crippen molar-refractivity contribution in [3.63, 3.8) is 0 Å². The van der Waals surface area contributed by atoms with Crippen LogP contribution < -0.4 is 21.3 Å². The molecule has 6 heterocycles. The smallest absolute Gasteiger partial charge is 0.248 e. The Morgan fingerprint density at radius 2 is 1.00 bits per heavy atom. The van der Waals surface area contributed by atoms with E-state index < -0.39 is 0 Å². The lowest BCUT2D eigenvalue weighted by Crippen LogP contribution is -2.54. The first-order valence-corrected chi connectivity index (χ1v) is 21.3. The van der Waals surface area contributed by atoms with E-state index in [1.807, 2.05) is 17.4 Å². The van der Waals surface area contributed by atoms with Gasteiger partial charge < -0.3 is 18.2 Å². The number of hydrogen-bond acceptors (Lipinski definition) is 5. The number of fused-ring (bicyclic) bond motifs is 19. The second-order valence-corrected chi connectivity index (χ2v) is 17.4. The molecule has 15 rings (SSSR count). The molecule has 0 radical (unpaired) electrons. The molecule has 0 atom stereocenters. The van der Waals surface area contributed by atoms with E-state index >= 15 is 0 Å². The first-order chi connectivity index (χ1) is 29.7. The number of furan rings is 3. The van der Waals surface area contributed by atoms with Gasteiger partial charge in [0.2, 0.25) is 6.71 Å². The number of thiophene rings is 1. The summed E-state index contributed by atoms with van der Waals surface area (Å²) in [7, 11) is 0. The van der Waals surface area contributed by atoms with Crippen LogP contribution in [0.15, 0.2) is 183 Å². The number of benzene rings is 9. The second-order valence-electron chi connectivity index (χ2n) is 16.3. The highest BCUT2D eigenvalue weighted by Crippen LogP contribution is 2.51. The average molecular weight is 782 g/mol. The normalized spacial score (nSPS) is 13.3. The van der Waals surface area contributed by atoms with Crippen LogP contribution in [0.2, 0.25) is 0 Å². The van der Waals surface area contributed by atoms with Crippen LogP contribution in [-0.2, 0) is 0 Å². The maximum atomic E-state index is 7.00. The van der Waals surface area contributed by atoms with E-state index in [1.54, 1.807) is 0 Å². The van der Waals surface area contributed by atoms with Crippen molar-refractivity contribution in [3.8, 4) is 22.3 Å². The van der Waals surface area contributed by atoms with Gasteiger partial charge >= 0.3 is 0 Å². The predicted octanol–water partition coefficient (Wildman–Crippen LogP) is 13.7. The van der Waals surface area contributed by atoms with Crippen molar-refractivity contribution < 1.29 is 13.3 Å². The van der Waals surface area contributed by atoms with E-state index in [9.17, 15) is 0 Å². The molecule has 276 valence electrons. The molecule has 0 spiro atoms. The van der Waals surface area contributed by atoms with E-state index in [4.69, 9.17) is 13.3 Å². The van der Waals surface area contributed by atoms with Crippen molar-refractivity contribution in [2.24, 2.45) is 0 Å². The topological polar surface area (TPSA) is 42.7 Å². The molecule has 13 aromatic rings. The zero-order valence-corrected chi connectivity index (χ0v) is 32.6. The molecule has 0 unspecified atom stereocenters. The average Bonchev–Trinajstić information content (AvgIpc) is 4.12. The molecule has 60 heavy (non-hydrogen) atoms. The van der Waals surface area contributed by atoms with Crippen LogP contribution in [0.1, 0.15) is 0 Å². The number of nitrogens with zero attached hydrogens (tertiary/aromatic N) is 1. The third kappa shape index (κ3) is 3.92. The van der Waals surface area contributed by atoms with Crippen LogP contribution in [0.4, 0.5) is 17.1 Å². The van der Waals surface area contributed by atoms with Crippen LogP contribution in [0.5, 0.6) is 0 Å². The van der Waals surface area contributed by atoms with Crippen molar-refractivity contribution in [2.75, 3.05) is 4.90 Å². The van der Waals surface area contributed by atoms with Gasteiger partial charge in [-0.1, -0.05) is 121 Å². The minimum Gasteiger partial charge on any atom is -0.455 e. The molecular formula is C54H28BNO3S.